The average molecular weight is 326 g/mol. The van der Waals surface area contributed by atoms with Gasteiger partial charge in [0.2, 0.25) is 0 Å². The smallest absolute Gasteiger partial charge is 0.311 e. The molecule has 7 heteroatoms. The molecule has 2 rings (SSSR count). The zero-order valence-corrected chi connectivity index (χ0v) is 11.8. The average Bonchev–Trinajstić information content (AvgIpc) is 2.82. The van der Waals surface area contributed by atoms with Crippen LogP contribution in [-0.2, 0) is 0 Å². The van der Waals surface area contributed by atoms with Gasteiger partial charge in [0.1, 0.15) is 0 Å². The molecule has 0 spiro atoms. The van der Waals surface area contributed by atoms with Crippen LogP contribution in [-0.4, -0.2) is 21.3 Å². The zero-order valence-electron chi connectivity index (χ0n) is 10.2. The summed E-state index contributed by atoms with van der Waals surface area (Å²) in [5, 5.41) is 15.1. The fourth-order valence-corrected chi connectivity index (χ4v) is 1.85. The summed E-state index contributed by atoms with van der Waals surface area (Å²) in [5.74, 6) is 0.260. The summed E-state index contributed by atoms with van der Waals surface area (Å²) >= 11 is 3.30. The van der Waals surface area contributed by atoms with Crippen molar-refractivity contribution in [2.24, 2.45) is 0 Å². The van der Waals surface area contributed by atoms with E-state index in [0.29, 0.717) is 12.3 Å². The molecule has 2 aromatic rings. The van der Waals surface area contributed by atoms with Gasteiger partial charge in [-0.2, -0.15) is 5.10 Å². The standard InChI is InChI=1S/C12H12BrN3O3/c1-2-5-19-12-6-10(3-4-11(12)16(17)18)15-8-9(13)7-14-15/h3-4,6-8H,2,5H2,1H3. The van der Waals surface area contributed by atoms with Gasteiger partial charge in [-0.3, -0.25) is 10.1 Å². The molecule has 0 saturated heterocycles. The van der Waals surface area contributed by atoms with E-state index in [1.165, 1.54) is 6.07 Å². The summed E-state index contributed by atoms with van der Waals surface area (Å²) in [6, 6.07) is 4.68. The molecule has 0 unspecified atom stereocenters. The fourth-order valence-electron chi connectivity index (χ4n) is 1.57. The molecule has 0 aliphatic carbocycles. The molecule has 1 aromatic carbocycles. The molecule has 0 N–H and O–H groups in total. The summed E-state index contributed by atoms with van der Waals surface area (Å²) < 4.78 is 7.87. The van der Waals surface area contributed by atoms with E-state index in [9.17, 15) is 10.1 Å². The minimum Gasteiger partial charge on any atom is -0.487 e. The van der Waals surface area contributed by atoms with E-state index in [-0.39, 0.29) is 11.4 Å². The van der Waals surface area contributed by atoms with Gasteiger partial charge in [-0.15, -0.1) is 0 Å². The molecule has 0 amide bonds. The highest BCUT2D eigenvalue weighted by molar-refractivity contribution is 9.10. The Hall–Kier alpha value is -1.89. The van der Waals surface area contributed by atoms with Gasteiger partial charge < -0.3 is 4.74 Å². The molecular formula is C12H12BrN3O3. The van der Waals surface area contributed by atoms with Crippen LogP contribution in [0, 0.1) is 10.1 Å². The quantitative estimate of drug-likeness (QED) is 0.624. The van der Waals surface area contributed by atoms with Crippen molar-refractivity contribution >= 4 is 21.6 Å². The first kappa shape index (κ1) is 13.5. The lowest BCUT2D eigenvalue weighted by molar-refractivity contribution is -0.385. The van der Waals surface area contributed by atoms with Gasteiger partial charge >= 0.3 is 5.69 Å². The highest BCUT2D eigenvalue weighted by atomic mass is 79.9. The van der Waals surface area contributed by atoms with Crippen LogP contribution in [0.5, 0.6) is 5.75 Å². The summed E-state index contributed by atoms with van der Waals surface area (Å²) in [7, 11) is 0. The Labute approximate surface area is 118 Å². The van der Waals surface area contributed by atoms with Gasteiger partial charge in [0.15, 0.2) is 5.75 Å². The molecule has 0 bridgehead atoms. The topological polar surface area (TPSA) is 70.2 Å². The van der Waals surface area contributed by atoms with E-state index < -0.39 is 4.92 Å². The van der Waals surface area contributed by atoms with Crippen LogP contribution in [0.1, 0.15) is 13.3 Å². The van der Waals surface area contributed by atoms with Crippen LogP contribution < -0.4 is 4.74 Å². The number of ether oxygens (including phenoxy) is 1. The van der Waals surface area contributed by atoms with E-state index in [1.807, 2.05) is 6.92 Å². The SMILES string of the molecule is CCCOc1cc(-n2cc(Br)cn2)ccc1[N+](=O)[O-]. The first-order valence-corrected chi connectivity index (χ1v) is 6.53. The van der Waals surface area contributed by atoms with Crippen LogP contribution in [0.2, 0.25) is 0 Å². The monoisotopic (exact) mass is 325 g/mol. The van der Waals surface area contributed by atoms with Crippen LogP contribution >= 0.6 is 15.9 Å². The first-order valence-electron chi connectivity index (χ1n) is 5.73. The third-order valence-corrected chi connectivity index (χ3v) is 2.83. The second-order valence-electron chi connectivity index (χ2n) is 3.86. The van der Waals surface area contributed by atoms with E-state index in [2.05, 4.69) is 21.0 Å². The molecule has 6 nitrogen and oxygen atoms in total. The molecule has 0 aliphatic rings. The molecule has 0 saturated carbocycles. The van der Waals surface area contributed by atoms with Crippen molar-refractivity contribution in [1.29, 1.82) is 0 Å². The maximum Gasteiger partial charge on any atom is 0.311 e. The van der Waals surface area contributed by atoms with Crippen molar-refractivity contribution in [2.45, 2.75) is 13.3 Å². The Balaban J connectivity index is 2.39. The third kappa shape index (κ3) is 3.11. The Morgan fingerprint density at radius 3 is 2.89 bits per heavy atom. The van der Waals surface area contributed by atoms with Crippen molar-refractivity contribution in [3.05, 3.63) is 45.2 Å². The van der Waals surface area contributed by atoms with Crippen LogP contribution in [0.4, 0.5) is 5.69 Å². The van der Waals surface area contributed by atoms with Crippen molar-refractivity contribution in [3.8, 4) is 11.4 Å². The number of rotatable bonds is 5. The van der Waals surface area contributed by atoms with Gasteiger partial charge in [-0.1, -0.05) is 6.92 Å². The van der Waals surface area contributed by atoms with Gasteiger partial charge in [-0.05, 0) is 28.4 Å². The summed E-state index contributed by atoms with van der Waals surface area (Å²) in [6.07, 6.45) is 4.20. The number of nitro groups is 1. The molecule has 0 radical (unpaired) electrons. The summed E-state index contributed by atoms with van der Waals surface area (Å²) in [5.41, 5.74) is 0.672. The molecule has 0 aliphatic heterocycles. The Morgan fingerprint density at radius 1 is 1.53 bits per heavy atom. The number of halogens is 1. The maximum atomic E-state index is 10.9. The van der Waals surface area contributed by atoms with Crippen molar-refractivity contribution in [2.75, 3.05) is 6.61 Å². The molecule has 100 valence electrons. The highest BCUT2D eigenvalue weighted by Crippen LogP contribution is 2.29. The molecule has 1 heterocycles. The van der Waals surface area contributed by atoms with E-state index in [1.54, 1.807) is 29.2 Å². The number of nitro benzene ring substituents is 1. The lowest BCUT2D eigenvalue weighted by Gasteiger charge is -2.07. The molecule has 0 fully saturated rings. The van der Waals surface area contributed by atoms with Crippen molar-refractivity contribution in [1.82, 2.24) is 9.78 Å². The normalized spacial score (nSPS) is 10.4. The number of hydrogen-bond acceptors (Lipinski definition) is 4. The first-order chi connectivity index (χ1) is 9.11. The summed E-state index contributed by atoms with van der Waals surface area (Å²) in [6.45, 7) is 2.38. The van der Waals surface area contributed by atoms with E-state index >= 15 is 0 Å². The van der Waals surface area contributed by atoms with Crippen molar-refractivity contribution in [3.63, 3.8) is 0 Å². The lowest BCUT2D eigenvalue weighted by atomic mass is 10.2. The molecule has 0 atom stereocenters. The number of nitrogens with zero attached hydrogens (tertiary/aromatic N) is 3. The number of aromatic nitrogens is 2. The van der Waals surface area contributed by atoms with Gasteiger partial charge in [0, 0.05) is 18.3 Å². The fraction of sp³-hybridized carbons (Fsp3) is 0.250. The lowest BCUT2D eigenvalue weighted by Crippen LogP contribution is -2.02. The Bertz CT molecular complexity index is 598. The van der Waals surface area contributed by atoms with E-state index in [4.69, 9.17) is 4.74 Å². The highest BCUT2D eigenvalue weighted by Gasteiger charge is 2.16. The summed E-state index contributed by atoms with van der Waals surface area (Å²) in [4.78, 5) is 10.5. The van der Waals surface area contributed by atoms with Crippen LogP contribution in [0.15, 0.2) is 35.1 Å². The van der Waals surface area contributed by atoms with Gasteiger partial charge in [0.05, 0.1) is 27.9 Å². The van der Waals surface area contributed by atoms with Gasteiger partial charge in [0.25, 0.3) is 0 Å². The predicted molar refractivity (Wildman–Crippen MR) is 73.7 cm³/mol. The van der Waals surface area contributed by atoms with Gasteiger partial charge in [-0.25, -0.2) is 4.68 Å². The molecule has 1 aromatic heterocycles. The second-order valence-corrected chi connectivity index (χ2v) is 4.78. The number of hydrogen-bond donors (Lipinski definition) is 0. The second kappa shape index (κ2) is 5.83. The third-order valence-electron chi connectivity index (χ3n) is 2.42. The minimum absolute atomic E-state index is 0.0385. The van der Waals surface area contributed by atoms with Crippen LogP contribution in [0.25, 0.3) is 5.69 Å². The van der Waals surface area contributed by atoms with Crippen LogP contribution in [0.3, 0.4) is 0 Å². The zero-order chi connectivity index (χ0) is 13.8. The Kier molecular flexibility index (Phi) is 4.16. The molecular weight excluding hydrogens is 314 g/mol. The minimum atomic E-state index is -0.451. The largest absolute Gasteiger partial charge is 0.487 e. The maximum absolute atomic E-state index is 10.9. The molecule has 19 heavy (non-hydrogen) atoms. The van der Waals surface area contributed by atoms with Crippen molar-refractivity contribution < 1.29 is 9.66 Å². The number of benzene rings is 1. The van der Waals surface area contributed by atoms with E-state index in [0.717, 1.165) is 10.9 Å². The predicted octanol–water partition coefficient (Wildman–Crippen LogP) is 3.33. The Morgan fingerprint density at radius 2 is 2.32 bits per heavy atom.